The first-order valence-corrected chi connectivity index (χ1v) is 8.19. The average molecular weight is 369 g/mol. The third kappa shape index (κ3) is 4.76. The lowest BCUT2D eigenvalue weighted by Gasteiger charge is -2.31. The van der Waals surface area contributed by atoms with Gasteiger partial charge in [0.2, 0.25) is 17.6 Å². The minimum absolute atomic E-state index is 0. The monoisotopic (exact) mass is 368 g/mol. The average Bonchev–Trinajstić information content (AvgIpc) is 3.10. The fraction of sp³-hybridized carbons (Fsp3) is 0.471. The fourth-order valence-electron chi connectivity index (χ4n) is 2.94. The van der Waals surface area contributed by atoms with Crippen LogP contribution in [-0.2, 0) is 4.79 Å². The molecule has 2 heterocycles. The molecule has 8 heteroatoms. The van der Waals surface area contributed by atoms with E-state index in [0.29, 0.717) is 36.8 Å². The molecule has 1 unspecified atom stereocenters. The Morgan fingerprint density at radius 1 is 1.48 bits per heavy atom. The number of nitrogens with one attached hydrogen (secondary N) is 1. The summed E-state index contributed by atoms with van der Waals surface area (Å²) in [7, 11) is 1.83. The summed E-state index contributed by atoms with van der Waals surface area (Å²) in [5.41, 5.74) is 0.586. The van der Waals surface area contributed by atoms with Gasteiger partial charge in [-0.25, -0.2) is 4.39 Å². The van der Waals surface area contributed by atoms with Gasteiger partial charge in [-0.05, 0) is 32.0 Å². The zero-order chi connectivity index (χ0) is 16.9. The molecule has 136 valence electrons. The van der Waals surface area contributed by atoms with Gasteiger partial charge >= 0.3 is 0 Å². The molecule has 1 aliphatic rings. The molecule has 0 bridgehead atoms. The first kappa shape index (κ1) is 19.3. The molecule has 3 rings (SSSR count). The molecular formula is C17H22ClFN4O2. The van der Waals surface area contributed by atoms with Crippen LogP contribution in [0, 0.1) is 5.82 Å². The van der Waals surface area contributed by atoms with Gasteiger partial charge in [0.15, 0.2) is 0 Å². The zero-order valence-corrected chi connectivity index (χ0v) is 14.9. The molecule has 2 aromatic rings. The van der Waals surface area contributed by atoms with Crippen LogP contribution in [-0.4, -0.2) is 47.6 Å². The van der Waals surface area contributed by atoms with Gasteiger partial charge in [-0.15, -0.1) is 12.4 Å². The summed E-state index contributed by atoms with van der Waals surface area (Å²) >= 11 is 0. The maximum atomic E-state index is 13.3. The Bertz CT molecular complexity index is 709. The molecule has 1 saturated heterocycles. The van der Waals surface area contributed by atoms with Gasteiger partial charge in [-0.2, -0.15) is 4.98 Å². The lowest BCUT2D eigenvalue weighted by molar-refractivity contribution is -0.132. The molecule has 6 nitrogen and oxygen atoms in total. The third-order valence-electron chi connectivity index (χ3n) is 4.24. The largest absolute Gasteiger partial charge is 0.342 e. The highest BCUT2D eigenvalue weighted by atomic mass is 35.5. The molecule has 1 fully saturated rings. The van der Waals surface area contributed by atoms with Crippen molar-refractivity contribution in [3.8, 4) is 11.4 Å². The second kappa shape index (κ2) is 8.92. The van der Waals surface area contributed by atoms with Crippen LogP contribution in [0.4, 0.5) is 4.39 Å². The van der Waals surface area contributed by atoms with E-state index in [-0.39, 0.29) is 30.0 Å². The number of hydrogen-bond donors (Lipinski definition) is 1. The number of nitrogens with zero attached hydrogens (tertiary/aromatic N) is 3. The maximum absolute atomic E-state index is 13.3. The van der Waals surface area contributed by atoms with Crippen LogP contribution in [0.2, 0.25) is 0 Å². The molecule has 1 aromatic heterocycles. The molecule has 0 saturated carbocycles. The summed E-state index contributed by atoms with van der Waals surface area (Å²) in [6.07, 6.45) is 2.30. The third-order valence-corrected chi connectivity index (χ3v) is 4.24. The summed E-state index contributed by atoms with van der Waals surface area (Å²) in [6.45, 7) is 2.03. The number of amides is 1. The molecule has 1 aliphatic heterocycles. The quantitative estimate of drug-likeness (QED) is 0.878. The van der Waals surface area contributed by atoms with Crippen molar-refractivity contribution in [2.75, 3.05) is 26.7 Å². The molecule has 1 amide bonds. The molecular weight excluding hydrogens is 347 g/mol. The van der Waals surface area contributed by atoms with E-state index in [0.717, 1.165) is 19.4 Å². The lowest BCUT2D eigenvalue weighted by Crippen LogP contribution is -2.40. The minimum Gasteiger partial charge on any atom is -0.342 e. The zero-order valence-electron chi connectivity index (χ0n) is 14.1. The number of aromatic nitrogens is 2. The second-order valence-corrected chi connectivity index (χ2v) is 6.00. The Balaban J connectivity index is 0.00000225. The number of rotatable bonds is 5. The van der Waals surface area contributed by atoms with E-state index < -0.39 is 0 Å². The Labute approximate surface area is 152 Å². The fourth-order valence-corrected chi connectivity index (χ4v) is 2.94. The topological polar surface area (TPSA) is 71.3 Å². The summed E-state index contributed by atoms with van der Waals surface area (Å²) in [5.74, 6) is 0.729. The summed E-state index contributed by atoms with van der Waals surface area (Å²) < 4.78 is 18.7. The van der Waals surface area contributed by atoms with Crippen molar-refractivity contribution in [3.63, 3.8) is 0 Å². The van der Waals surface area contributed by atoms with E-state index in [2.05, 4.69) is 15.5 Å². The van der Waals surface area contributed by atoms with Gasteiger partial charge in [0, 0.05) is 31.6 Å². The first-order valence-electron chi connectivity index (χ1n) is 8.19. The number of carbonyl (C=O) groups is 1. The van der Waals surface area contributed by atoms with Gasteiger partial charge in [-0.1, -0.05) is 17.3 Å². The molecule has 1 atom stereocenters. The molecule has 1 N–H and O–H groups in total. The lowest BCUT2D eigenvalue weighted by atomic mass is 9.97. The Hall–Kier alpha value is -1.99. The van der Waals surface area contributed by atoms with E-state index in [4.69, 9.17) is 4.52 Å². The van der Waals surface area contributed by atoms with E-state index in [1.807, 2.05) is 11.9 Å². The summed E-state index contributed by atoms with van der Waals surface area (Å²) in [5, 5.41) is 6.94. The van der Waals surface area contributed by atoms with Gasteiger partial charge in [0.05, 0.1) is 5.92 Å². The second-order valence-electron chi connectivity index (χ2n) is 6.00. The van der Waals surface area contributed by atoms with Crippen molar-refractivity contribution in [1.82, 2.24) is 20.4 Å². The van der Waals surface area contributed by atoms with Crippen molar-refractivity contribution in [3.05, 3.63) is 36.0 Å². The van der Waals surface area contributed by atoms with Gasteiger partial charge in [-0.3, -0.25) is 4.79 Å². The highest BCUT2D eigenvalue weighted by Crippen LogP contribution is 2.28. The van der Waals surface area contributed by atoms with E-state index in [9.17, 15) is 9.18 Å². The Morgan fingerprint density at radius 3 is 3.08 bits per heavy atom. The van der Waals surface area contributed by atoms with Crippen molar-refractivity contribution in [2.24, 2.45) is 0 Å². The van der Waals surface area contributed by atoms with Crippen molar-refractivity contribution < 1.29 is 13.7 Å². The first-order chi connectivity index (χ1) is 11.7. The molecule has 25 heavy (non-hydrogen) atoms. The van der Waals surface area contributed by atoms with Crippen LogP contribution in [0.5, 0.6) is 0 Å². The summed E-state index contributed by atoms with van der Waals surface area (Å²) in [6, 6.07) is 6.11. The predicted octanol–water partition coefficient (Wildman–Crippen LogP) is 2.61. The number of piperidine rings is 1. The van der Waals surface area contributed by atoms with E-state index >= 15 is 0 Å². The highest BCUT2D eigenvalue weighted by molar-refractivity contribution is 5.85. The van der Waals surface area contributed by atoms with Crippen LogP contribution in [0.25, 0.3) is 11.4 Å². The minimum atomic E-state index is -0.335. The Morgan fingerprint density at radius 2 is 2.32 bits per heavy atom. The van der Waals surface area contributed by atoms with Gasteiger partial charge < -0.3 is 14.7 Å². The maximum Gasteiger partial charge on any atom is 0.231 e. The van der Waals surface area contributed by atoms with Crippen LogP contribution >= 0.6 is 12.4 Å². The van der Waals surface area contributed by atoms with Crippen LogP contribution in [0.1, 0.15) is 31.1 Å². The number of halogens is 2. The molecule has 0 spiro atoms. The van der Waals surface area contributed by atoms with E-state index in [1.54, 1.807) is 12.1 Å². The number of hydrogen-bond acceptors (Lipinski definition) is 5. The SMILES string of the molecule is CNCCC(=O)N1CCCC(c2nc(-c3cccc(F)c3)no2)C1.Cl. The van der Waals surface area contributed by atoms with Gasteiger partial charge in [0.25, 0.3) is 0 Å². The van der Waals surface area contributed by atoms with Crippen molar-refractivity contribution >= 4 is 18.3 Å². The predicted molar refractivity (Wildman–Crippen MR) is 94.0 cm³/mol. The molecule has 0 radical (unpaired) electrons. The summed E-state index contributed by atoms with van der Waals surface area (Å²) in [4.78, 5) is 18.4. The normalized spacial score (nSPS) is 17.2. The number of likely N-dealkylation sites (tertiary alicyclic amines) is 1. The molecule has 0 aliphatic carbocycles. The van der Waals surface area contributed by atoms with Crippen LogP contribution in [0.3, 0.4) is 0 Å². The smallest absolute Gasteiger partial charge is 0.231 e. The van der Waals surface area contributed by atoms with Crippen molar-refractivity contribution in [1.29, 1.82) is 0 Å². The van der Waals surface area contributed by atoms with E-state index in [1.165, 1.54) is 12.1 Å². The van der Waals surface area contributed by atoms with Crippen molar-refractivity contribution in [2.45, 2.75) is 25.2 Å². The highest BCUT2D eigenvalue weighted by Gasteiger charge is 2.28. The van der Waals surface area contributed by atoms with Gasteiger partial charge in [0.1, 0.15) is 5.82 Å². The van der Waals surface area contributed by atoms with Crippen LogP contribution < -0.4 is 5.32 Å². The molecule has 1 aromatic carbocycles. The standard InChI is InChI=1S/C17H21FN4O2.ClH/c1-19-8-7-15(23)22-9-3-5-13(11-22)17-20-16(21-24-17)12-4-2-6-14(18)10-12;/h2,4,6,10,13,19H,3,5,7-9,11H2,1H3;1H. The van der Waals surface area contributed by atoms with Crippen LogP contribution in [0.15, 0.2) is 28.8 Å². The number of benzene rings is 1. The Kier molecular flexibility index (Phi) is 6.90. The number of carbonyl (C=O) groups excluding carboxylic acids is 1.